The molecule has 6 heteroatoms. The molecule has 0 saturated carbocycles. The first-order chi connectivity index (χ1) is 13.1. The van der Waals surface area contributed by atoms with Gasteiger partial charge in [-0.25, -0.2) is 13.8 Å². The summed E-state index contributed by atoms with van der Waals surface area (Å²) in [4.78, 5) is 21.6. The van der Waals surface area contributed by atoms with Gasteiger partial charge < -0.3 is 0 Å². The van der Waals surface area contributed by atoms with Crippen LogP contribution in [0.5, 0.6) is 0 Å². The van der Waals surface area contributed by atoms with Crippen molar-refractivity contribution in [2.75, 3.05) is 0 Å². The zero-order valence-electron chi connectivity index (χ0n) is 14.0. The van der Waals surface area contributed by atoms with Crippen molar-refractivity contribution in [3.63, 3.8) is 0 Å². The summed E-state index contributed by atoms with van der Waals surface area (Å²) >= 11 is 0. The third-order valence-corrected chi connectivity index (χ3v) is 4.04. The van der Waals surface area contributed by atoms with Crippen LogP contribution in [0.3, 0.4) is 0 Å². The topological polar surface area (TPSA) is 47.8 Å². The molecule has 0 N–H and O–H groups in total. The lowest BCUT2D eigenvalue weighted by molar-refractivity contribution is 0.615. The standard InChI is InChI=1S/C21H13F2N3O/c22-14-8-10-18-16(13-14)21(27)26(19-7-2-1-6-17(19)23)20(25-18)11-9-15-5-3-4-12-24-15/h1-13H/b11-9+. The van der Waals surface area contributed by atoms with Crippen LogP contribution in [-0.4, -0.2) is 14.5 Å². The van der Waals surface area contributed by atoms with Gasteiger partial charge in [-0.15, -0.1) is 0 Å². The number of hydrogen-bond acceptors (Lipinski definition) is 3. The van der Waals surface area contributed by atoms with Gasteiger partial charge in [0.2, 0.25) is 0 Å². The quantitative estimate of drug-likeness (QED) is 0.549. The molecular weight excluding hydrogens is 348 g/mol. The van der Waals surface area contributed by atoms with Gasteiger partial charge >= 0.3 is 0 Å². The van der Waals surface area contributed by atoms with Gasteiger partial charge in [-0.3, -0.25) is 14.3 Å². The number of rotatable bonds is 3. The van der Waals surface area contributed by atoms with Crippen molar-refractivity contribution in [1.29, 1.82) is 0 Å². The molecule has 2 heterocycles. The van der Waals surface area contributed by atoms with Crippen molar-refractivity contribution in [1.82, 2.24) is 14.5 Å². The normalized spacial score (nSPS) is 11.3. The van der Waals surface area contributed by atoms with Crippen LogP contribution in [0.1, 0.15) is 11.5 Å². The van der Waals surface area contributed by atoms with E-state index >= 15 is 0 Å². The third kappa shape index (κ3) is 3.25. The molecule has 0 unspecified atom stereocenters. The van der Waals surface area contributed by atoms with Crippen molar-refractivity contribution >= 4 is 23.1 Å². The maximum atomic E-state index is 14.4. The Balaban J connectivity index is 2.00. The Bertz CT molecular complexity index is 1220. The van der Waals surface area contributed by atoms with Gasteiger partial charge in [0.05, 0.1) is 22.3 Å². The molecule has 4 aromatic rings. The first-order valence-electron chi connectivity index (χ1n) is 8.20. The first kappa shape index (κ1) is 16.8. The highest BCUT2D eigenvalue weighted by Gasteiger charge is 2.14. The molecule has 0 spiro atoms. The molecule has 0 aliphatic heterocycles. The van der Waals surface area contributed by atoms with Crippen LogP contribution >= 0.6 is 0 Å². The van der Waals surface area contributed by atoms with Crippen molar-refractivity contribution in [2.45, 2.75) is 0 Å². The summed E-state index contributed by atoms with van der Waals surface area (Å²) < 4.78 is 29.1. The molecule has 0 fully saturated rings. The van der Waals surface area contributed by atoms with Crippen LogP contribution in [0, 0.1) is 11.6 Å². The number of hydrogen-bond donors (Lipinski definition) is 0. The van der Waals surface area contributed by atoms with Crippen LogP contribution in [0.25, 0.3) is 28.7 Å². The fourth-order valence-corrected chi connectivity index (χ4v) is 2.79. The highest BCUT2D eigenvalue weighted by molar-refractivity contribution is 5.80. The summed E-state index contributed by atoms with van der Waals surface area (Å²) in [5.74, 6) is -0.919. The average Bonchev–Trinajstić information content (AvgIpc) is 2.69. The van der Waals surface area contributed by atoms with Gasteiger partial charge in [0.15, 0.2) is 0 Å². The molecule has 132 valence electrons. The van der Waals surface area contributed by atoms with Crippen molar-refractivity contribution in [3.8, 4) is 5.69 Å². The summed E-state index contributed by atoms with van der Waals surface area (Å²) in [6.07, 6.45) is 4.90. The maximum Gasteiger partial charge on any atom is 0.266 e. The highest BCUT2D eigenvalue weighted by atomic mass is 19.1. The molecular formula is C21H13F2N3O. The lowest BCUT2D eigenvalue weighted by Gasteiger charge is -2.12. The second-order valence-electron chi connectivity index (χ2n) is 5.81. The molecule has 0 saturated heterocycles. The minimum atomic E-state index is -0.579. The molecule has 0 aliphatic carbocycles. The van der Waals surface area contributed by atoms with Crippen LogP contribution < -0.4 is 5.56 Å². The number of benzene rings is 2. The van der Waals surface area contributed by atoms with Crippen LogP contribution in [-0.2, 0) is 0 Å². The molecule has 2 aromatic carbocycles. The Hall–Kier alpha value is -3.67. The van der Waals surface area contributed by atoms with E-state index in [1.807, 2.05) is 6.07 Å². The van der Waals surface area contributed by atoms with Crippen LogP contribution in [0.4, 0.5) is 8.78 Å². The van der Waals surface area contributed by atoms with E-state index in [1.165, 1.54) is 30.3 Å². The molecule has 0 bridgehead atoms. The lowest BCUT2D eigenvalue weighted by Crippen LogP contribution is -2.23. The Kier molecular flexibility index (Phi) is 4.30. The third-order valence-electron chi connectivity index (χ3n) is 4.04. The number of nitrogens with zero attached hydrogens (tertiary/aromatic N) is 3. The first-order valence-corrected chi connectivity index (χ1v) is 8.20. The number of halogens is 2. The van der Waals surface area contributed by atoms with Crippen LogP contribution in [0.15, 0.2) is 71.7 Å². The number of pyridine rings is 1. The van der Waals surface area contributed by atoms with E-state index in [0.29, 0.717) is 11.2 Å². The Labute approximate surface area is 153 Å². The molecule has 4 nitrogen and oxygen atoms in total. The van der Waals surface area contributed by atoms with E-state index in [-0.39, 0.29) is 16.9 Å². The fraction of sp³-hybridized carbons (Fsp3) is 0. The molecule has 0 atom stereocenters. The summed E-state index contributed by atoms with van der Waals surface area (Å²) in [6.45, 7) is 0. The van der Waals surface area contributed by atoms with Gasteiger partial charge in [-0.2, -0.15) is 0 Å². The Morgan fingerprint density at radius 3 is 2.52 bits per heavy atom. The number of fused-ring (bicyclic) bond motifs is 1. The maximum absolute atomic E-state index is 14.4. The van der Waals surface area contributed by atoms with Gasteiger partial charge in [-0.05, 0) is 54.6 Å². The highest BCUT2D eigenvalue weighted by Crippen LogP contribution is 2.18. The summed E-state index contributed by atoms with van der Waals surface area (Å²) in [7, 11) is 0. The van der Waals surface area contributed by atoms with Crippen molar-refractivity contribution < 1.29 is 8.78 Å². The van der Waals surface area contributed by atoms with Crippen LogP contribution in [0.2, 0.25) is 0 Å². The smallest absolute Gasteiger partial charge is 0.266 e. The monoisotopic (exact) mass is 361 g/mol. The largest absolute Gasteiger partial charge is 0.268 e. The average molecular weight is 361 g/mol. The minimum Gasteiger partial charge on any atom is -0.268 e. The zero-order chi connectivity index (χ0) is 18.8. The van der Waals surface area contributed by atoms with Gasteiger partial charge in [0, 0.05) is 6.20 Å². The predicted molar refractivity (Wildman–Crippen MR) is 100 cm³/mol. The van der Waals surface area contributed by atoms with E-state index in [2.05, 4.69) is 9.97 Å². The SMILES string of the molecule is O=c1c2cc(F)ccc2nc(/C=C/c2ccccn2)n1-c1ccccc1F. The fourth-order valence-electron chi connectivity index (χ4n) is 2.79. The van der Waals surface area contributed by atoms with E-state index in [0.717, 1.165) is 10.6 Å². The summed E-state index contributed by atoms with van der Waals surface area (Å²) in [5.41, 5.74) is 0.479. The molecule has 2 aromatic heterocycles. The zero-order valence-corrected chi connectivity index (χ0v) is 14.0. The van der Waals surface area contributed by atoms with Crippen molar-refractivity contribution in [2.24, 2.45) is 0 Å². The van der Waals surface area contributed by atoms with Gasteiger partial charge in [0.25, 0.3) is 5.56 Å². The van der Waals surface area contributed by atoms with Gasteiger partial charge in [0.1, 0.15) is 17.5 Å². The van der Waals surface area contributed by atoms with E-state index in [1.54, 1.807) is 36.5 Å². The molecule has 0 radical (unpaired) electrons. The Morgan fingerprint density at radius 2 is 1.74 bits per heavy atom. The predicted octanol–water partition coefficient (Wildman–Crippen LogP) is 4.23. The second kappa shape index (κ2) is 6.92. The molecule has 4 rings (SSSR count). The summed E-state index contributed by atoms with van der Waals surface area (Å²) in [5, 5.41) is 0.0771. The molecule has 0 aliphatic rings. The molecule has 0 amide bonds. The van der Waals surface area contributed by atoms with Crippen molar-refractivity contribution in [3.05, 3.63) is 100 Å². The summed E-state index contributed by atoms with van der Waals surface area (Å²) in [6, 6.07) is 15.0. The van der Waals surface area contributed by atoms with E-state index in [9.17, 15) is 13.6 Å². The Morgan fingerprint density at radius 1 is 0.926 bits per heavy atom. The van der Waals surface area contributed by atoms with E-state index < -0.39 is 17.2 Å². The minimum absolute atomic E-state index is 0.0434. The lowest BCUT2D eigenvalue weighted by atomic mass is 10.2. The van der Waals surface area contributed by atoms with Gasteiger partial charge in [-0.1, -0.05) is 18.2 Å². The number of para-hydroxylation sites is 1. The molecule has 27 heavy (non-hydrogen) atoms. The second-order valence-corrected chi connectivity index (χ2v) is 5.81. The number of aromatic nitrogens is 3. The van der Waals surface area contributed by atoms with E-state index in [4.69, 9.17) is 0 Å².